The van der Waals surface area contributed by atoms with Gasteiger partial charge in [0.15, 0.2) is 0 Å². The van der Waals surface area contributed by atoms with Crippen molar-refractivity contribution in [3.63, 3.8) is 0 Å². The van der Waals surface area contributed by atoms with E-state index in [1.807, 2.05) is 13.8 Å². The van der Waals surface area contributed by atoms with E-state index in [2.05, 4.69) is 5.32 Å². The molecule has 38 heavy (non-hydrogen) atoms. The molecule has 1 atom stereocenters. The molecule has 0 aliphatic carbocycles. The van der Waals surface area contributed by atoms with Gasteiger partial charge in [0.1, 0.15) is 12.6 Å². The van der Waals surface area contributed by atoms with Gasteiger partial charge >= 0.3 is 0 Å². The Bertz CT molecular complexity index is 1350. The number of rotatable bonds is 11. The number of halogens is 2. The Labute approximate surface area is 234 Å². The first-order valence-corrected chi connectivity index (χ1v) is 14.3. The molecule has 0 aliphatic heterocycles. The minimum Gasteiger partial charge on any atom is -0.354 e. The molecule has 3 aromatic carbocycles. The summed E-state index contributed by atoms with van der Waals surface area (Å²) in [5, 5.41) is 3.72. The van der Waals surface area contributed by atoms with E-state index in [0.29, 0.717) is 16.6 Å². The van der Waals surface area contributed by atoms with Crippen molar-refractivity contribution in [2.75, 3.05) is 17.4 Å². The zero-order chi connectivity index (χ0) is 27.9. The van der Waals surface area contributed by atoms with Crippen LogP contribution in [-0.2, 0) is 26.2 Å². The molecule has 0 spiro atoms. The van der Waals surface area contributed by atoms with Gasteiger partial charge in [0.25, 0.3) is 10.0 Å². The molecular formula is C28H31Cl2N3O4S. The summed E-state index contributed by atoms with van der Waals surface area (Å²) in [4.78, 5) is 28.2. The summed E-state index contributed by atoms with van der Waals surface area (Å²) in [6.07, 6.45) is 0. The van der Waals surface area contributed by atoms with E-state index in [1.54, 1.807) is 67.6 Å². The fraction of sp³-hybridized carbons (Fsp3) is 0.286. The van der Waals surface area contributed by atoms with Crippen LogP contribution in [0.2, 0.25) is 10.0 Å². The number of hydrogen-bond donors (Lipinski definition) is 1. The first-order chi connectivity index (χ1) is 18.0. The highest BCUT2D eigenvalue weighted by Crippen LogP contribution is 2.27. The molecule has 202 valence electrons. The Morgan fingerprint density at radius 2 is 1.53 bits per heavy atom. The lowest BCUT2D eigenvalue weighted by molar-refractivity contribution is -0.139. The first kappa shape index (κ1) is 29.5. The van der Waals surface area contributed by atoms with Gasteiger partial charge in [-0.1, -0.05) is 73.4 Å². The highest BCUT2D eigenvalue weighted by molar-refractivity contribution is 7.92. The van der Waals surface area contributed by atoms with E-state index in [4.69, 9.17) is 23.2 Å². The van der Waals surface area contributed by atoms with Crippen LogP contribution >= 0.6 is 23.2 Å². The van der Waals surface area contributed by atoms with Gasteiger partial charge in [-0.3, -0.25) is 13.9 Å². The normalized spacial score (nSPS) is 12.2. The largest absolute Gasteiger partial charge is 0.354 e. The number of carbonyl (C=O) groups excluding carboxylic acids is 2. The zero-order valence-corrected chi connectivity index (χ0v) is 23.8. The second-order valence-electron chi connectivity index (χ2n) is 9.27. The molecule has 0 fully saturated rings. The minimum atomic E-state index is -4.14. The summed E-state index contributed by atoms with van der Waals surface area (Å²) in [6, 6.07) is 20.2. The maximum Gasteiger partial charge on any atom is 0.264 e. The van der Waals surface area contributed by atoms with Crippen LogP contribution in [0, 0.1) is 5.92 Å². The van der Waals surface area contributed by atoms with E-state index < -0.39 is 28.5 Å². The lowest BCUT2D eigenvalue weighted by Gasteiger charge is -2.32. The smallest absolute Gasteiger partial charge is 0.264 e. The number of carbonyl (C=O) groups is 2. The lowest BCUT2D eigenvalue weighted by atomic mass is 10.1. The fourth-order valence-electron chi connectivity index (χ4n) is 3.70. The van der Waals surface area contributed by atoms with E-state index >= 15 is 0 Å². The Morgan fingerprint density at radius 1 is 0.868 bits per heavy atom. The van der Waals surface area contributed by atoms with Gasteiger partial charge in [-0.2, -0.15) is 0 Å². The number of nitrogens with zero attached hydrogens (tertiary/aromatic N) is 2. The quantitative estimate of drug-likeness (QED) is 0.332. The van der Waals surface area contributed by atoms with Gasteiger partial charge in [-0.25, -0.2) is 8.42 Å². The average Bonchev–Trinajstić information content (AvgIpc) is 2.89. The summed E-state index contributed by atoms with van der Waals surface area (Å²) in [7, 11) is -4.14. The SMILES string of the molecule is CC(C)CNC(=O)[C@H](C)N(Cc1ccc(Cl)cc1)C(=O)CN(c1cccc(Cl)c1)S(=O)(=O)c1ccccc1. The molecule has 0 radical (unpaired) electrons. The fourth-order valence-corrected chi connectivity index (χ4v) is 5.44. The van der Waals surface area contributed by atoms with E-state index in [0.717, 1.165) is 9.87 Å². The van der Waals surface area contributed by atoms with Crippen LogP contribution in [0.5, 0.6) is 0 Å². The van der Waals surface area contributed by atoms with Crippen LogP contribution in [0.25, 0.3) is 0 Å². The second-order valence-corrected chi connectivity index (χ2v) is 12.0. The summed E-state index contributed by atoms with van der Waals surface area (Å²) < 4.78 is 28.4. The van der Waals surface area contributed by atoms with E-state index in [9.17, 15) is 18.0 Å². The molecule has 0 saturated heterocycles. The Hall–Kier alpha value is -3.07. The van der Waals surface area contributed by atoms with Gasteiger partial charge < -0.3 is 10.2 Å². The summed E-state index contributed by atoms with van der Waals surface area (Å²) in [5.74, 6) is -0.659. The minimum absolute atomic E-state index is 0.0275. The molecule has 0 heterocycles. The van der Waals surface area contributed by atoms with Gasteiger partial charge in [0, 0.05) is 23.1 Å². The zero-order valence-electron chi connectivity index (χ0n) is 21.5. The summed E-state index contributed by atoms with van der Waals surface area (Å²) in [6.45, 7) is 5.56. The van der Waals surface area contributed by atoms with Gasteiger partial charge in [0.05, 0.1) is 10.6 Å². The molecule has 2 amide bonds. The van der Waals surface area contributed by atoms with Crippen LogP contribution in [-0.4, -0.2) is 44.3 Å². The van der Waals surface area contributed by atoms with Gasteiger partial charge in [-0.15, -0.1) is 0 Å². The summed E-state index contributed by atoms with van der Waals surface area (Å²) >= 11 is 12.2. The average molecular weight is 577 g/mol. The monoisotopic (exact) mass is 575 g/mol. The van der Waals surface area contributed by atoms with Crippen LogP contribution in [0.1, 0.15) is 26.3 Å². The first-order valence-electron chi connectivity index (χ1n) is 12.1. The van der Waals surface area contributed by atoms with Crippen molar-refractivity contribution >= 4 is 50.7 Å². The molecule has 1 N–H and O–H groups in total. The third-order valence-corrected chi connectivity index (χ3v) is 8.10. The maximum absolute atomic E-state index is 13.8. The highest BCUT2D eigenvalue weighted by atomic mass is 35.5. The summed E-state index contributed by atoms with van der Waals surface area (Å²) in [5.41, 5.74) is 0.976. The van der Waals surface area contributed by atoms with Crippen molar-refractivity contribution in [2.45, 2.75) is 38.3 Å². The van der Waals surface area contributed by atoms with Gasteiger partial charge in [0.2, 0.25) is 11.8 Å². The predicted molar refractivity (Wildman–Crippen MR) is 152 cm³/mol. The molecule has 0 aliphatic rings. The number of nitrogens with one attached hydrogen (secondary N) is 1. The number of amides is 2. The molecular weight excluding hydrogens is 545 g/mol. The van der Waals surface area contributed by atoms with Crippen LogP contribution in [0.3, 0.4) is 0 Å². The van der Waals surface area contributed by atoms with Crippen molar-refractivity contribution in [1.82, 2.24) is 10.2 Å². The molecule has 7 nitrogen and oxygen atoms in total. The Kier molecular flexibility index (Phi) is 10.2. The number of sulfonamides is 1. The molecule has 3 aromatic rings. The van der Waals surface area contributed by atoms with Crippen molar-refractivity contribution in [1.29, 1.82) is 0 Å². The van der Waals surface area contributed by atoms with Crippen LogP contribution in [0.4, 0.5) is 5.69 Å². The van der Waals surface area contributed by atoms with Crippen molar-refractivity contribution < 1.29 is 18.0 Å². The second kappa shape index (κ2) is 13.1. The Balaban J connectivity index is 1.99. The van der Waals surface area contributed by atoms with Crippen molar-refractivity contribution in [3.05, 3.63) is 94.5 Å². The third kappa shape index (κ3) is 7.72. The Morgan fingerprint density at radius 3 is 2.13 bits per heavy atom. The number of benzene rings is 3. The molecule has 3 rings (SSSR count). The number of anilines is 1. The molecule has 0 saturated carbocycles. The highest BCUT2D eigenvalue weighted by Gasteiger charge is 2.32. The van der Waals surface area contributed by atoms with Crippen molar-refractivity contribution in [3.8, 4) is 0 Å². The van der Waals surface area contributed by atoms with E-state index in [1.165, 1.54) is 23.1 Å². The molecule has 0 unspecified atom stereocenters. The molecule has 0 aromatic heterocycles. The third-order valence-electron chi connectivity index (χ3n) is 5.82. The van der Waals surface area contributed by atoms with Crippen LogP contribution in [0.15, 0.2) is 83.8 Å². The predicted octanol–water partition coefficient (Wildman–Crippen LogP) is 5.38. The lowest BCUT2D eigenvalue weighted by Crippen LogP contribution is -2.51. The standard InChI is InChI=1S/C28H31Cl2N3O4S/c1-20(2)17-31-28(35)21(3)32(18-22-12-14-23(29)15-13-22)27(34)19-33(25-9-7-8-24(30)16-25)38(36,37)26-10-5-4-6-11-26/h4-16,20-21H,17-19H2,1-3H3,(H,31,35)/t21-/m0/s1. The van der Waals surface area contributed by atoms with Gasteiger partial charge in [-0.05, 0) is 60.9 Å². The topological polar surface area (TPSA) is 86.8 Å². The van der Waals surface area contributed by atoms with E-state index in [-0.39, 0.29) is 29.0 Å². The molecule has 0 bridgehead atoms. The van der Waals surface area contributed by atoms with Crippen LogP contribution < -0.4 is 9.62 Å². The number of hydrogen-bond acceptors (Lipinski definition) is 4. The molecule has 10 heteroatoms. The van der Waals surface area contributed by atoms with Crippen molar-refractivity contribution in [2.24, 2.45) is 5.92 Å². The maximum atomic E-state index is 13.8.